The highest BCUT2D eigenvalue weighted by atomic mass is 31.2. The van der Waals surface area contributed by atoms with E-state index in [-0.39, 0.29) is 13.0 Å². The van der Waals surface area contributed by atoms with Gasteiger partial charge in [0.05, 0.1) is 13.2 Å². The van der Waals surface area contributed by atoms with Crippen molar-refractivity contribution in [1.82, 2.24) is 0 Å². The van der Waals surface area contributed by atoms with E-state index in [1.54, 1.807) is 0 Å². The maximum atomic E-state index is 12.8. The molecular formula is C51H93O12P. The van der Waals surface area contributed by atoms with Gasteiger partial charge in [-0.15, -0.1) is 0 Å². The molecule has 6 unspecified atom stereocenters. The van der Waals surface area contributed by atoms with Crippen LogP contribution in [0.1, 0.15) is 206 Å². The average Bonchev–Trinajstić information content (AvgIpc) is 3.28. The molecule has 1 fully saturated rings. The number of phosphoric ester groups is 1. The Morgan fingerprint density at radius 1 is 0.516 bits per heavy atom. The zero-order chi connectivity index (χ0) is 46.9. The lowest BCUT2D eigenvalue weighted by Gasteiger charge is -2.41. The van der Waals surface area contributed by atoms with Crippen molar-refractivity contribution in [3.05, 3.63) is 48.6 Å². The second kappa shape index (κ2) is 41.5. The number of phosphoric acid groups is 1. The summed E-state index contributed by atoms with van der Waals surface area (Å²) >= 11 is 0. The Morgan fingerprint density at radius 3 is 1.41 bits per heavy atom. The summed E-state index contributed by atoms with van der Waals surface area (Å²) in [6.45, 7) is 4.15. The predicted molar refractivity (Wildman–Crippen MR) is 258 cm³/mol. The van der Waals surface area contributed by atoms with Crippen molar-refractivity contribution in [1.29, 1.82) is 0 Å². The summed E-state index contributed by atoms with van der Waals surface area (Å²) in [6.07, 6.45) is 38.9. The first kappa shape index (κ1) is 60.3. The minimum absolute atomic E-state index is 0.0773. The fourth-order valence-electron chi connectivity index (χ4n) is 7.70. The van der Waals surface area contributed by atoms with E-state index in [1.807, 2.05) is 0 Å². The number of carbonyl (C=O) groups is 1. The van der Waals surface area contributed by atoms with Crippen LogP contribution in [0.3, 0.4) is 0 Å². The first-order chi connectivity index (χ1) is 31.0. The summed E-state index contributed by atoms with van der Waals surface area (Å²) < 4.78 is 34.3. The summed E-state index contributed by atoms with van der Waals surface area (Å²) in [7, 11) is -5.02. The maximum absolute atomic E-state index is 12.8. The van der Waals surface area contributed by atoms with Crippen molar-refractivity contribution >= 4 is 13.8 Å². The molecule has 13 heteroatoms. The van der Waals surface area contributed by atoms with Gasteiger partial charge in [-0.3, -0.25) is 13.8 Å². The summed E-state index contributed by atoms with van der Waals surface area (Å²) in [4.78, 5) is 23.2. The van der Waals surface area contributed by atoms with Crippen LogP contribution >= 0.6 is 7.82 Å². The zero-order valence-electron chi connectivity index (χ0n) is 40.1. The molecule has 12 nitrogen and oxygen atoms in total. The third-order valence-electron chi connectivity index (χ3n) is 11.7. The van der Waals surface area contributed by atoms with Gasteiger partial charge in [-0.05, 0) is 51.4 Å². The Kier molecular flexibility index (Phi) is 39.1. The van der Waals surface area contributed by atoms with Crippen LogP contribution in [0, 0.1) is 0 Å². The van der Waals surface area contributed by atoms with Crippen LogP contribution in [0.15, 0.2) is 48.6 Å². The first-order valence-corrected chi connectivity index (χ1v) is 27.0. The van der Waals surface area contributed by atoms with Crippen LogP contribution in [0.5, 0.6) is 0 Å². The van der Waals surface area contributed by atoms with E-state index in [4.69, 9.17) is 18.5 Å². The van der Waals surface area contributed by atoms with Gasteiger partial charge in [-0.2, -0.15) is 0 Å². The highest BCUT2D eigenvalue weighted by Gasteiger charge is 2.51. The van der Waals surface area contributed by atoms with Crippen LogP contribution < -0.4 is 0 Å². The third kappa shape index (κ3) is 32.9. The molecule has 0 aromatic carbocycles. The molecule has 0 spiro atoms. The van der Waals surface area contributed by atoms with Gasteiger partial charge < -0.3 is 39.9 Å². The summed E-state index contributed by atoms with van der Waals surface area (Å²) in [5.41, 5.74) is 0. The average molecular weight is 929 g/mol. The molecule has 6 N–H and O–H groups in total. The van der Waals surface area contributed by atoms with Gasteiger partial charge in [-0.1, -0.05) is 197 Å². The molecule has 374 valence electrons. The summed E-state index contributed by atoms with van der Waals surface area (Å²) in [5, 5.41) is 50.3. The van der Waals surface area contributed by atoms with E-state index in [0.717, 1.165) is 70.6 Å². The number of allylic oxidation sites excluding steroid dienone is 8. The lowest BCUT2D eigenvalue weighted by molar-refractivity contribution is -0.220. The lowest BCUT2D eigenvalue weighted by atomic mass is 9.85. The standard InChI is InChI=1S/C51H93O12P/c1-3-5-7-9-11-13-15-17-18-19-20-21-22-23-24-25-26-27-29-31-33-35-37-39-41-60-42-44(43-61-64(58,59)63-51-49(56)47(54)46(53)48(55)50(51)57)62-45(52)40-38-36-34-32-30-28-16-14-12-10-8-6-4-2/h5,7,11,13,17-18,20-21,44,46-51,53-57H,3-4,6,8-10,12,14-16,19,22-43H2,1-2H3,(H,58,59)/b7-5-,13-11-,18-17-,21-20-. The minimum Gasteiger partial charge on any atom is -0.457 e. The molecule has 0 radical (unpaired) electrons. The molecular weight excluding hydrogens is 836 g/mol. The third-order valence-corrected chi connectivity index (χ3v) is 12.7. The number of esters is 1. The maximum Gasteiger partial charge on any atom is 0.472 e. The Hall–Kier alpha value is -1.70. The monoisotopic (exact) mass is 929 g/mol. The molecule has 1 aliphatic carbocycles. The normalized spacial score (nSPS) is 22.1. The molecule has 0 saturated heterocycles. The van der Waals surface area contributed by atoms with Gasteiger partial charge in [0.1, 0.15) is 42.7 Å². The Labute approximate surface area is 388 Å². The van der Waals surface area contributed by atoms with Gasteiger partial charge >= 0.3 is 13.8 Å². The van der Waals surface area contributed by atoms with E-state index in [9.17, 15) is 39.8 Å². The van der Waals surface area contributed by atoms with Crippen LogP contribution in [0.25, 0.3) is 0 Å². The lowest BCUT2D eigenvalue weighted by Crippen LogP contribution is -2.64. The number of hydrogen-bond acceptors (Lipinski definition) is 11. The molecule has 1 rings (SSSR count). The number of rotatable bonds is 43. The van der Waals surface area contributed by atoms with E-state index < -0.39 is 63.1 Å². The molecule has 0 amide bonds. The number of ether oxygens (including phenoxy) is 2. The fraction of sp³-hybridized carbons (Fsp3) is 0.824. The van der Waals surface area contributed by atoms with Gasteiger partial charge in [0.25, 0.3) is 0 Å². The minimum atomic E-state index is -5.02. The molecule has 1 saturated carbocycles. The number of aliphatic hydroxyl groups is 5. The van der Waals surface area contributed by atoms with Crippen molar-refractivity contribution < 1.29 is 58.3 Å². The second-order valence-corrected chi connectivity index (χ2v) is 19.1. The van der Waals surface area contributed by atoms with Gasteiger partial charge in [0, 0.05) is 13.0 Å². The van der Waals surface area contributed by atoms with Crippen LogP contribution in [0.2, 0.25) is 0 Å². The number of carbonyl (C=O) groups excluding carboxylic acids is 1. The molecule has 64 heavy (non-hydrogen) atoms. The Morgan fingerprint density at radius 2 is 0.922 bits per heavy atom. The molecule has 1 aliphatic rings. The van der Waals surface area contributed by atoms with Crippen molar-refractivity contribution in [2.75, 3.05) is 19.8 Å². The van der Waals surface area contributed by atoms with E-state index in [1.165, 1.54) is 109 Å². The molecule has 0 heterocycles. The molecule has 6 atom stereocenters. The number of unbranched alkanes of at least 4 members (excludes halogenated alkanes) is 23. The molecule has 0 bridgehead atoms. The van der Waals surface area contributed by atoms with Gasteiger partial charge in [0.15, 0.2) is 0 Å². The molecule has 0 aromatic rings. The summed E-state index contributed by atoms with van der Waals surface area (Å²) in [5.74, 6) is -0.478. The Bertz CT molecular complexity index is 1240. The van der Waals surface area contributed by atoms with Crippen molar-refractivity contribution in [2.24, 2.45) is 0 Å². The van der Waals surface area contributed by atoms with Crippen molar-refractivity contribution in [3.63, 3.8) is 0 Å². The molecule has 0 aliphatic heterocycles. The van der Waals surface area contributed by atoms with E-state index in [0.29, 0.717) is 13.0 Å². The van der Waals surface area contributed by atoms with Crippen molar-refractivity contribution in [3.8, 4) is 0 Å². The summed E-state index contributed by atoms with van der Waals surface area (Å²) in [6, 6.07) is 0. The topological polar surface area (TPSA) is 192 Å². The number of aliphatic hydroxyl groups excluding tert-OH is 5. The van der Waals surface area contributed by atoms with E-state index in [2.05, 4.69) is 62.5 Å². The quantitative estimate of drug-likeness (QED) is 0.0147. The van der Waals surface area contributed by atoms with Crippen molar-refractivity contribution in [2.45, 2.75) is 249 Å². The second-order valence-electron chi connectivity index (χ2n) is 17.6. The highest BCUT2D eigenvalue weighted by Crippen LogP contribution is 2.47. The van der Waals surface area contributed by atoms with Crippen LogP contribution in [-0.2, 0) is 27.9 Å². The fourth-order valence-corrected chi connectivity index (χ4v) is 8.67. The highest BCUT2D eigenvalue weighted by molar-refractivity contribution is 7.47. The zero-order valence-corrected chi connectivity index (χ0v) is 41.0. The first-order valence-electron chi connectivity index (χ1n) is 25.5. The SMILES string of the molecule is CC/C=C\C/C=C\C/C=C\C/C=C\CCCCCCCCCCCCCOCC(COP(=O)(O)OC1C(O)C(O)C(O)C(O)C1O)OC(=O)CCCCCCCCCCCCCCC. The largest absolute Gasteiger partial charge is 0.472 e. The Balaban J connectivity index is 2.30. The van der Waals surface area contributed by atoms with Gasteiger partial charge in [0.2, 0.25) is 0 Å². The van der Waals surface area contributed by atoms with E-state index >= 15 is 0 Å². The van der Waals surface area contributed by atoms with Gasteiger partial charge in [-0.25, -0.2) is 4.57 Å². The number of hydrogen-bond donors (Lipinski definition) is 6. The van der Waals surface area contributed by atoms with Crippen LogP contribution in [-0.4, -0.2) is 98.9 Å². The smallest absolute Gasteiger partial charge is 0.457 e. The van der Waals surface area contributed by atoms with Crippen LogP contribution in [0.4, 0.5) is 0 Å². The molecule has 0 aromatic heterocycles. The predicted octanol–water partition coefficient (Wildman–Crippen LogP) is 11.2.